The Bertz CT molecular complexity index is 209. The lowest BCUT2D eigenvalue weighted by Gasteiger charge is -1.91. The van der Waals surface area contributed by atoms with Gasteiger partial charge in [0.2, 0.25) is 0 Å². The maximum atomic E-state index is 10.9. The SMILES string of the molecule is C#CC1=CC(C)S(=O)C1. The van der Waals surface area contributed by atoms with Crippen molar-refractivity contribution < 1.29 is 4.21 Å². The summed E-state index contributed by atoms with van der Waals surface area (Å²) in [6, 6.07) is 0. The fourth-order valence-electron chi connectivity index (χ4n) is 0.782. The second kappa shape index (κ2) is 2.36. The molecule has 0 N–H and O–H groups in total. The Morgan fingerprint density at radius 1 is 2.00 bits per heavy atom. The van der Waals surface area contributed by atoms with Crippen LogP contribution in [0.1, 0.15) is 6.92 Å². The van der Waals surface area contributed by atoms with Crippen molar-refractivity contribution >= 4 is 10.8 Å². The molecule has 0 fully saturated rings. The normalized spacial score (nSPS) is 33.6. The molecule has 0 amide bonds. The Labute approximate surface area is 57.6 Å². The van der Waals surface area contributed by atoms with Gasteiger partial charge in [-0.1, -0.05) is 12.0 Å². The van der Waals surface area contributed by atoms with Gasteiger partial charge in [0.25, 0.3) is 0 Å². The van der Waals surface area contributed by atoms with Gasteiger partial charge in [-0.15, -0.1) is 6.42 Å². The minimum absolute atomic E-state index is 0.163. The van der Waals surface area contributed by atoms with E-state index in [9.17, 15) is 4.21 Å². The molecule has 1 aliphatic heterocycles. The minimum Gasteiger partial charge on any atom is -0.259 e. The Hall–Kier alpha value is -0.550. The molecule has 2 heteroatoms. The summed E-state index contributed by atoms with van der Waals surface area (Å²) >= 11 is 0. The van der Waals surface area contributed by atoms with E-state index in [0.29, 0.717) is 5.75 Å². The van der Waals surface area contributed by atoms with Crippen LogP contribution in [0.15, 0.2) is 11.6 Å². The molecule has 2 atom stereocenters. The molecule has 0 aromatic heterocycles. The van der Waals surface area contributed by atoms with Crippen LogP contribution < -0.4 is 0 Å². The largest absolute Gasteiger partial charge is 0.259 e. The van der Waals surface area contributed by atoms with Gasteiger partial charge in [-0.2, -0.15) is 0 Å². The minimum atomic E-state index is -0.733. The van der Waals surface area contributed by atoms with Crippen molar-refractivity contribution in [3.05, 3.63) is 11.6 Å². The predicted molar refractivity (Wildman–Crippen MR) is 39.4 cm³/mol. The van der Waals surface area contributed by atoms with E-state index >= 15 is 0 Å². The van der Waals surface area contributed by atoms with Crippen molar-refractivity contribution in [1.82, 2.24) is 0 Å². The van der Waals surface area contributed by atoms with E-state index in [1.807, 2.05) is 13.0 Å². The van der Waals surface area contributed by atoms with Crippen molar-refractivity contribution in [2.75, 3.05) is 5.75 Å². The summed E-state index contributed by atoms with van der Waals surface area (Å²) in [5.74, 6) is 3.07. The highest BCUT2D eigenvalue weighted by Crippen LogP contribution is 2.13. The second-order valence-electron chi connectivity index (χ2n) is 2.07. The molecular formula is C7H8OS. The Morgan fingerprint density at radius 2 is 2.67 bits per heavy atom. The first-order chi connectivity index (χ1) is 4.24. The lowest BCUT2D eigenvalue weighted by Crippen LogP contribution is -2.02. The summed E-state index contributed by atoms with van der Waals surface area (Å²) in [7, 11) is -0.733. The molecule has 1 heterocycles. The van der Waals surface area contributed by atoms with Crippen LogP contribution in [-0.4, -0.2) is 15.2 Å². The van der Waals surface area contributed by atoms with E-state index in [-0.39, 0.29) is 5.25 Å². The van der Waals surface area contributed by atoms with E-state index in [0.717, 1.165) is 5.57 Å². The van der Waals surface area contributed by atoms with Gasteiger partial charge in [-0.3, -0.25) is 4.21 Å². The van der Waals surface area contributed by atoms with E-state index in [1.54, 1.807) is 0 Å². The van der Waals surface area contributed by atoms with Crippen molar-refractivity contribution in [3.63, 3.8) is 0 Å². The Morgan fingerprint density at radius 3 is 2.89 bits per heavy atom. The van der Waals surface area contributed by atoms with E-state index in [2.05, 4.69) is 5.92 Å². The maximum absolute atomic E-state index is 10.9. The molecule has 0 radical (unpaired) electrons. The van der Waals surface area contributed by atoms with Crippen LogP contribution in [0.3, 0.4) is 0 Å². The maximum Gasteiger partial charge on any atom is 0.0568 e. The van der Waals surface area contributed by atoms with Gasteiger partial charge in [0, 0.05) is 16.4 Å². The molecule has 1 rings (SSSR count). The number of hydrogen-bond donors (Lipinski definition) is 0. The monoisotopic (exact) mass is 140 g/mol. The highest BCUT2D eigenvalue weighted by atomic mass is 32.2. The molecule has 0 aromatic rings. The highest BCUT2D eigenvalue weighted by Gasteiger charge is 2.17. The standard InChI is InChI=1S/C7H8OS/c1-3-7-4-6(2)9(8)5-7/h1,4,6H,5H2,2H3. The molecule has 1 aliphatic rings. The molecule has 0 saturated heterocycles. The van der Waals surface area contributed by atoms with Crippen molar-refractivity contribution in [3.8, 4) is 12.3 Å². The molecule has 0 aliphatic carbocycles. The van der Waals surface area contributed by atoms with Gasteiger partial charge >= 0.3 is 0 Å². The summed E-state index contributed by atoms with van der Waals surface area (Å²) in [6.45, 7) is 1.92. The highest BCUT2D eigenvalue weighted by molar-refractivity contribution is 7.86. The lowest BCUT2D eigenvalue weighted by molar-refractivity contribution is 0.683. The zero-order chi connectivity index (χ0) is 6.85. The van der Waals surface area contributed by atoms with E-state index in [1.165, 1.54) is 0 Å². The average Bonchev–Trinajstić information content (AvgIpc) is 2.13. The summed E-state index contributed by atoms with van der Waals surface area (Å²) in [5.41, 5.74) is 0.890. The first-order valence-electron chi connectivity index (χ1n) is 2.78. The molecule has 0 spiro atoms. The van der Waals surface area contributed by atoms with Gasteiger partial charge < -0.3 is 0 Å². The fourth-order valence-corrected chi connectivity index (χ4v) is 1.85. The first-order valence-corrected chi connectivity index (χ1v) is 4.16. The van der Waals surface area contributed by atoms with Crippen LogP contribution in [0.5, 0.6) is 0 Å². The zero-order valence-corrected chi connectivity index (χ0v) is 6.07. The summed E-state index contributed by atoms with van der Waals surface area (Å²) in [5, 5.41) is 0.163. The third-order valence-electron chi connectivity index (χ3n) is 1.33. The Kier molecular flexibility index (Phi) is 1.73. The quantitative estimate of drug-likeness (QED) is 0.453. The third kappa shape index (κ3) is 1.22. The van der Waals surface area contributed by atoms with Crippen LogP contribution in [0.4, 0.5) is 0 Å². The molecule has 0 aromatic carbocycles. The third-order valence-corrected chi connectivity index (χ3v) is 2.89. The molecule has 0 bridgehead atoms. The van der Waals surface area contributed by atoms with E-state index < -0.39 is 10.8 Å². The number of terminal acetylenes is 1. The topological polar surface area (TPSA) is 17.1 Å². The van der Waals surface area contributed by atoms with E-state index in [4.69, 9.17) is 6.42 Å². The molecule has 2 unspecified atom stereocenters. The molecule has 1 nitrogen and oxygen atoms in total. The number of hydrogen-bond acceptors (Lipinski definition) is 1. The van der Waals surface area contributed by atoms with Crippen molar-refractivity contribution in [2.24, 2.45) is 0 Å². The van der Waals surface area contributed by atoms with Crippen molar-refractivity contribution in [1.29, 1.82) is 0 Å². The van der Waals surface area contributed by atoms with Crippen molar-refractivity contribution in [2.45, 2.75) is 12.2 Å². The summed E-state index contributed by atoms with van der Waals surface area (Å²) in [6.07, 6.45) is 7.00. The summed E-state index contributed by atoms with van der Waals surface area (Å²) in [4.78, 5) is 0. The predicted octanol–water partition coefficient (Wildman–Crippen LogP) is 0.697. The summed E-state index contributed by atoms with van der Waals surface area (Å²) < 4.78 is 10.9. The molecule has 48 valence electrons. The second-order valence-corrected chi connectivity index (χ2v) is 3.86. The molecule has 0 saturated carbocycles. The molecule has 9 heavy (non-hydrogen) atoms. The Balaban J connectivity index is 2.77. The van der Waals surface area contributed by atoms with Crippen LogP contribution in [0, 0.1) is 12.3 Å². The molecular weight excluding hydrogens is 132 g/mol. The van der Waals surface area contributed by atoms with Gasteiger partial charge in [0.15, 0.2) is 0 Å². The van der Waals surface area contributed by atoms with Crippen LogP contribution in [0.2, 0.25) is 0 Å². The zero-order valence-electron chi connectivity index (χ0n) is 5.26. The smallest absolute Gasteiger partial charge is 0.0568 e. The van der Waals surface area contributed by atoms with Crippen LogP contribution in [0.25, 0.3) is 0 Å². The fraction of sp³-hybridized carbons (Fsp3) is 0.429. The van der Waals surface area contributed by atoms with Gasteiger partial charge in [-0.25, -0.2) is 0 Å². The van der Waals surface area contributed by atoms with Crippen LogP contribution >= 0.6 is 0 Å². The first kappa shape index (κ1) is 6.57. The van der Waals surface area contributed by atoms with Gasteiger partial charge in [-0.05, 0) is 6.92 Å². The number of rotatable bonds is 0. The van der Waals surface area contributed by atoms with Crippen LogP contribution in [-0.2, 0) is 10.8 Å². The van der Waals surface area contributed by atoms with Gasteiger partial charge in [0.1, 0.15) is 0 Å². The average molecular weight is 140 g/mol. The lowest BCUT2D eigenvalue weighted by atomic mass is 10.3. The van der Waals surface area contributed by atoms with Gasteiger partial charge in [0.05, 0.1) is 11.0 Å².